The number of likely N-dealkylation sites (N-methyl/N-ethyl adjacent to an activating group) is 1. The molecule has 4 rings (SSSR count). The van der Waals surface area contributed by atoms with Crippen LogP contribution in [0.2, 0.25) is 0 Å². The molecule has 6 heteroatoms. The van der Waals surface area contributed by atoms with Crippen LogP contribution in [-0.2, 0) is 11.3 Å². The third kappa shape index (κ3) is 4.82. The first-order valence-electron chi connectivity index (χ1n) is 10.1. The van der Waals surface area contributed by atoms with Crippen molar-refractivity contribution in [2.45, 2.75) is 36.7 Å². The summed E-state index contributed by atoms with van der Waals surface area (Å²) in [5, 5.41) is 1.15. The van der Waals surface area contributed by atoms with E-state index in [4.69, 9.17) is 4.98 Å². The Kier molecular flexibility index (Phi) is 6.53. The van der Waals surface area contributed by atoms with Crippen LogP contribution in [0.4, 0.5) is 0 Å². The Morgan fingerprint density at radius 1 is 1.21 bits per heavy atom. The zero-order chi connectivity index (χ0) is 20.2. The number of carbonyl (C=O) groups excluding carboxylic acids is 1. The summed E-state index contributed by atoms with van der Waals surface area (Å²) in [6.07, 6.45) is 5.50. The number of rotatable bonds is 6. The fourth-order valence-electron chi connectivity index (χ4n) is 3.88. The normalized spacial score (nSPS) is 17.5. The third-order valence-corrected chi connectivity index (χ3v) is 7.43. The first kappa shape index (κ1) is 20.4. The maximum atomic E-state index is 13.0. The SMILES string of the molecule is CSc1ccc(CN(C)C(=O)CN2CCCC[C@@H]2c2nc3ccccc3s2)cc1. The van der Waals surface area contributed by atoms with E-state index in [1.54, 1.807) is 23.1 Å². The van der Waals surface area contributed by atoms with E-state index < -0.39 is 0 Å². The summed E-state index contributed by atoms with van der Waals surface area (Å²) < 4.78 is 1.23. The van der Waals surface area contributed by atoms with Gasteiger partial charge in [0.15, 0.2) is 0 Å². The lowest BCUT2D eigenvalue weighted by atomic mass is 10.0. The molecule has 152 valence electrons. The molecular weight excluding hydrogens is 398 g/mol. The van der Waals surface area contributed by atoms with Gasteiger partial charge in [-0.2, -0.15) is 0 Å². The van der Waals surface area contributed by atoms with E-state index in [-0.39, 0.29) is 11.9 Å². The van der Waals surface area contributed by atoms with Gasteiger partial charge in [0.2, 0.25) is 5.91 Å². The van der Waals surface area contributed by atoms with Crippen molar-refractivity contribution in [2.75, 3.05) is 26.4 Å². The highest BCUT2D eigenvalue weighted by Crippen LogP contribution is 2.35. The van der Waals surface area contributed by atoms with Crippen molar-refractivity contribution in [3.63, 3.8) is 0 Å². The van der Waals surface area contributed by atoms with Gasteiger partial charge in [-0.05, 0) is 55.5 Å². The first-order chi connectivity index (χ1) is 14.1. The molecule has 3 aromatic rings. The molecule has 1 amide bonds. The molecular formula is C23H27N3OS2. The molecule has 1 atom stereocenters. The van der Waals surface area contributed by atoms with Crippen molar-refractivity contribution >= 4 is 39.2 Å². The van der Waals surface area contributed by atoms with E-state index in [1.807, 2.05) is 18.0 Å². The molecule has 2 aromatic carbocycles. The molecule has 0 N–H and O–H groups in total. The average Bonchev–Trinajstić information content (AvgIpc) is 3.18. The Morgan fingerprint density at radius 3 is 2.76 bits per heavy atom. The molecule has 1 aliphatic rings. The first-order valence-corrected chi connectivity index (χ1v) is 12.1. The van der Waals surface area contributed by atoms with Crippen LogP contribution in [0.1, 0.15) is 35.9 Å². The van der Waals surface area contributed by atoms with E-state index in [1.165, 1.54) is 21.6 Å². The molecule has 0 spiro atoms. The van der Waals surface area contributed by atoms with Crippen molar-refractivity contribution in [3.8, 4) is 0 Å². The second kappa shape index (κ2) is 9.28. The summed E-state index contributed by atoms with van der Waals surface area (Å²) >= 11 is 3.50. The Labute approximate surface area is 180 Å². The van der Waals surface area contributed by atoms with Crippen LogP contribution in [0.3, 0.4) is 0 Å². The molecule has 0 saturated carbocycles. The highest BCUT2D eigenvalue weighted by Gasteiger charge is 2.29. The number of carbonyl (C=O) groups is 1. The number of amides is 1. The molecule has 1 saturated heterocycles. The van der Waals surface area contributed by atoms with Crippen molar-refractivity contribution in [3.05, 3.63) is 59.1 Å². The van der Waals surface area contributed by atoms with Crippen LogP contribution in [0.25, 0.3) is 10.2 Å². The van der Waals surface area contributed by atoms with Crippen LogP contribution in [0.15, 0.2) is 53.4 Å². The van der Waals surface area contributed by atoms with Gasteiger partial charge in [-0.15, -0.1) is 23.1 Å². The maximum absolute atomic E-state index is 13.0. The number of fused-ring (bicyclic) bond motifs is 1. The monoisotopic (exact) mass is 425 g/mol. The summed E-state index contributed by atoms with van der Waals surface area (Å²) in [6, 6.07) is 17.0. The Bertz CT molecular complexity index is 937. The van der Waals surface area contributed by atoms with E-state index in [2.05, 4.69) is 53.6 Å². The quantitative estimate of drug-likeness (QED) is 0.508. The number of thioether (sulfide) groups is 1. The van der Waals surface area contributed by atoms with Gasteiger partial charge in [0, 0.05) is 18.5 Å². The molecule has 0 aliphatic carbocycles. The van der Waals surface area contributed by atoms with Gasteiger partial charge < -0.3 is 4.90 Å². The van der Waals surface area contributed by atoms with Gasteiger partial charge in [-0.25, -0.2) is 4.98 Å². The minimum Gasteiger partial charge on any atom is -0.340 e. The topological polar surface area (TPSA) is 36.4 Å². The molecule has 1 aromatic heterocycles. The molecule has 29 heavy (non-hydrogen) atoms. The van der Waals surface area contributed by atoms with Crippen molar-refractivity contribution in [2.24, 2.45) is 0 Å². The molecule has 0 unspecified atom stereocenters. The lowest BCUT2D eigenvalue weighted by Gasteiger charge is -2.34. The van der Waals surface area contributed by atoms with Gasteiger partial charge in [0.05, 0.1) is 22.8 Å². The summed E-state index contributed by atoms with van der Waals surface area (Å²) in [5.41, 5.74) is 2.23. The molecule has 1 aliphatic heterocycles. The minimum atomic E-state index is 0.173. The van der Waals surface area contributed by atoms with Crippen LogP contribution >= 0.6 is 23.1 Å². The number of likely N-dealkylation sites (tertiary alicyclic amines) is 1. The Balaban J connectivity index is 1.43. The summed E-state index contributed by atoms with van der Waals surface area (Å²) in [6.45, 7) is 2.07. The number of piperidine rings is 1. The fourth-order valence-corrected chi connectivity index (χ4v) is 5.43. The second-order valence-electron chi connectivity index (χ2n) is 7.60. The van der Waals surface area contributed by atoms with Gasteiger partial charge in [0.1, 0.15) is 5.01 Å². The van der Waals surface area contributed by atoms with Crippen LogP contribution in [-0.4, -0.2) is 47.1 Å². The zero-order valence-corrected chi connectivity index (χ0v) is 18.6. The maximum Gasteiger partial charge on any atom is 0.236 e. The van der Waals surface area contributed by atoms with Gasteiger partial charge in [0.25, 0.3) is 0 Å². The molecule has 0 radical (unpaired) electrons. The van der Waals surface area contributed by atoms with Gasteiger partial charge >= 0.3 is 0 Å². The number of hydrogen-bond donors (Lipinski definition) is 0. The van der Waals surface area contributed by atoms with Crippen LogP contribution in [0, 0.1) is 0 Å². The molecule has 4 nitrogen and oxygen atoms in total. The molecule has 0 bridgehead atoms. The number of aromatic nitrogens is 1. The van der Waals surface area contributed by atoms with Crippen molar-refractivity contribution in [1.29, 1.82) is 0 Å². The van der Waals surface area contributed by atoms with Gasteiger partial charge in [-0.1, -0.05) is 30.7 Å². The summed E-state index contributed by atoms with van der Waals surface area (Å²) in [5.74, 6) is 0.173. The number of hydrogen-bond acceptors (Lipinski definition) is 5. The van der Waals surface area contributed by atoms with Crippen LogP contribution < -0.4 is 0 Å². The number of para-hydroxylation sites is 1. The highest BCUT2D eigenvalue weighted by molar-refractivity contribution is 7.98. The molecule has 2 heterocycles. The number of thiazole rings is 1. The van der Waals surface area contributed by atoms with E-state index in [0.29, 0.717) is 13.1 Å². The lowest BCUT2D eigenvalue weighted by Crippen LogP contribution is -2.42. The fraction of sp³-hybridized carbons (Fsp3) is 0.391. The summed E-state index contributed by atoms with van der Waals surface area (Å²) in [7, 11) is 1.90. The van der Waals surface area contributed by atoms with E-state index in [0.717, 1.165) is 29.9 Å². The standard InChI is InChI=1S/C23H27N3OS2/c1-25(15-17-10-12-18(28-2)13-11-17)22(27)16-26-14-6-5-8-20(26)23-24-19-7-3-4-9-21(19)29-23/h3-4,7,9-13,20H,5-6,8,14-16H2,1-2H3/t20-/m1/s1. The zero-order valence-electron chi connectivity index (χ0n) is 17.0. The van der Waals surface area contributed by atoms with Crippen LogP contribution in [0.5, 0.6) is 0 Å². The van der Waals surface area contributed by atoms with Crippen molar-refractivity contribution in [1.82, 2.24) is 14.8 Å². The lowest BCUT2D eigenvalue weighted by molar-refractivity contribution is -0.132. The smallest absolute Gasteiger partial charge is 0.236 e. The molecule has 1 fully saturated rings. The average molecular weight is 426 g/mol. The van der Waals surface area contributed by atoms with E-state index >= 15 is 0 Å². The Morgan fingerprint density at radius 2 is 2.00 bits per heavy atom. The second-order valence-corrected chi connectivity index (χ2v) is 9.54. The minimum absolute atomic E-state index is 0.173. The largest absolute Gasteiger partial charge is 0.340 e. The van der Waals surface area contributed by atoms with Gasteiger partial charge in [-0.3, -0.25) is 9.69 Å². The predicted molar refractivity (Wildman–Crippen MR) is 122 cm³/mol. The highest BCUT2D eigenvalue weighted by atomic mass is 32.2. The summed E-state index contributed by atoms with van der Waals surface area (Å²) in [4.78, 5) is 23.2. The van der Waals surface area contributed by atoms with Crippen molar-refractivity contribution < 1.29 is 4.79 Å². The predicted octanol–water partition coefficient (Wildman–Crippen LogP) is 5.20. The third-order valence-electron chi connectivity index (χ3n) is 5.55. The number of benzene rings is 2. The Hall–Kier alpha value is -1.89. The van der Waals surface area contributed by atoms with E-state index in [9.17, 15) is 4.79 Å². The number of nitrogens with zero attached hydrogens (tertiary/aromatic N) is 3.